The van der Waals surface area contributed by atoms with Gasteiger partial charge in [-0.15, -0.1) is 0 Å². The molecule has 3 rings (SSSR count). The van der Waals surface area contributed by atoms with Crippen LogP contribution in [0.5, 0.6) is 0 Å². The van der Waals surface area contributed by atoms with E-state index in [1.54, 1.807) is 13.3 Å². The molecule has 2 atom stereocenters. The third-order valence-corrected chi connectivity index (χ3v) is 4.59. The molecule has 0 aliphatic heterocycles. The summed E-state index contributed by atoms with van der Waals surface area (Å²) in [4.78, 5) is 4.37. The van der Waals surface area contributed by atoms with Crippen molar-refractivity contribution in [2.24, 2.45) is 5.41 Å². The van der Waals surface area contributed by atoms with Crippen molar-refractivity contribution in [3.63, 3.8) is 0 Å². The zero-order chi connectivity index (χ0) is 14.3. The lowest BCUT2D eigenvalue weighted by atomic mass is 9.64. The molecule has 106 valence electrons. The second-order valence-corrected chi connectivity index (χ2v) is 6.08. The maximum atomic E-state index is 6.11. The van der Waals surface area contributed by atoms with Crippen LogP contribution in [0.25, 0.3) is 10.9 Å². The third-order valence-electron chi connectivity index (χ3n) is 4.59. The highest BCUT2D eigenvalue weighted by atomic mass is 16.5. The predicted octanol–water partition coefficient (Wildman–Crippen LogP) is 3.04. The van der Waals surface area contributed by atoms with Crippen LogP contribution >= 0.6 is 0 Å². The van der Waals surface area contributed by atoms with E-state index >= 15 is 0 Å². The molecular formula is C16H21N3O. The van der Waals surface area contributed by atoms with Crippen molar-refractivity contribution in [2.75, 3.05) is 18.2 Å². The molecule has 4 nitrogen and oxygen atoms in total. The number of rotatable bonds is 3. The SMILES string of the molecule is COC1CC(Nc2c(N)cnc3ccccc23)C1(C)C. The monoisotopic (exact) mass is 271 g/mol. The molecule has 2 unspecified atom stereocenters. The Morgan fingerprint density at radius 1 is 1.35 bits per heavy atom. The van der Waals surface area contributed by atoms with Gasteiger partial charge in [-0.1, -0.05) is 32.0 Å². The first-order chi connectivity index (χ1) is 9.54. The highest BCUT2D eigenvalue weighted by molar-refractivity contribution is 5.97. The minimum absolute atomic E-state index is 0.103. The van der Waals surface area contributed by atoms with E-state index in [1.165, 1.54) is 0 Å². The van der Waals surface area contributed by atoms with Gasteiger partial charge in [0.05, 0.1) is 29.2 Å². The summed E-state index contributed by atoms with van der Waals surface area (Å²) in [6, 6.07) is 8.42. The Morgan fingerprint density at radius 2 is 2.10 bits per heavy atom. The molecule has 0 bridgehead atoms. The number of hydrogen-bond acceptors (Lipinski definition) is 4. The number of fused-ring (bicyclic) bond motifs is 1. The largest absolute Gasteiger partial charge is 0.396 e. The fraction of sp³-hybridized carbons (Fsp3) is 0.438. The summed E-state index contributed by atoms with van der Waals surface area (Å²) < 4.78 is 5.50. The lowest BCUT2D eigenvalue weighted by Gasteiger charge is -2.51. The highest BCUT2D eigenvalue weighted by Gasteiger charge is 2.48. The van der Waals surface area contributed by atoms with Gasteiger partial charge in [-0.25, -0.2) is 0 Å². The van der Waals surface area contributed by atoms with Crippen molar-refractivity contribution in [2.45, 2.75) is 32.4 Å². The van der Waals surface area contributed by atoms with Crippen molar-refractivity contribution >= 4 is 22.3 Å². The average Bonchev–Trinajstić information content (AvgIpc) is 2.44. The van der Waals surface area contributed by atoms with Crippen LogP contribution < -0.4 is 11.1 Å². The Hall–Kier alpha value is -1.81. The van der Waals surface area contributed by atoms with Crippen LogP contribution in [0.3, 0.4) is 0 Å². The molecule has 2 aromatic rings. The molecule has 1 fully saturated rings. The Bertz CT molecular complexity index is 639. The number of nitrogen functional groups attached to an aromatic ring is 1. The summed E-state index contributed by atoms with van der Waals surface area (Å²) in [6.45, 7) is 4.45. The van der Waals surface area contributed by atoms with Crippen molar-refractivity contribution < 1.29 is 4.74 Å². The molecule has 1 aliphatic carbocycles. The van der Waals surface area contributed by atoms with E-state index < -0.39 is 0 Å². The number of methoxy groups -OCH3 is 1. The van der Waals surface area contributed by atoms with Crippen molar-refractivity contribution in [1.82, 2.24) is 4.98 Å². The Kier molecular flexibility index (Phi) is 3.05. The molecule has 0 amide bonds. The Morgan fingerprint density at radius 3 is 2.80 bits per heavy atom. The maximum absolute atomic E-state index is 6.11. The van der Waals surface area contributed by atoms with Gasteiger partial charge in [0, 0.05) is 24.0 Å². The van der Waals surface area contributed by atoms with Crippen LogP contribution in [0.15, 0.2) is 30.5 Å². The zero-order valence-corrected chi connectivity index (χ0v) is 12.2. The molecule has 1 aromatic heterocycles. The molecule has 1 aromatic carbocycles. The van der Waals surface area contributed by atoms with Gasteiger partial charge in [0.15, 0.2) is 0 Å². The fourth-order valence-corrected chi connectivity index (χ4v) is 3.02. The molecule has 1 aliphatic rings. The summed E-state index contributed by atoms with van der Waals surface area (Å²) in [7, 11) is 1.78. The lowest BCUT2D eigenvalue weighted by Crippen LogP contribution is -2.57. The quantitative estimate of drug-likeness (QED) is 0.900. The molecular weight excluding hydrogens is 250 g/mol. The third kappa shape index (κ3) is 1.91. The number of aromatic nitrogens is 1. The lowest BCUT2D eigenvalue weighted by molar-refractivity contribution is -0.0794. The van der Waals surface area contributed by atoms with Crippen LogP contribution in [0.4, 0.5) is 11.4 Å². The van der Waals surface area contributed by atoms with E-state index in [1.807, 2.05) is 18.2 Å². The summed E-state index contributed by atoms with van der Waals surface area (Å²) >= 11 is 0. The fourth-order valence-electron chi connectivity index (χ4n) is 3.02. The Labute approximate surface area is 119 Å². The van der Waals surface area contributed by atoms with E-state index in [4.69, 9.17) is 10.5 Å². The molecule has 4 heteroatoms. The van der Waals surface area contributed by atoms with Crippen LogP contribution in [0, 0.1) is 5.41 Å². The van der Waals surface area contributed by atoms with Gasteiger partial charge in [0.1, 0.15) is 0 Å². The normalized spacial score (nSPS) is 24.4. The zero-order valence-electron chi connectivity index (χ0n) is 12.2. The number of anilines is 2. The standard InChI is InChI=1S/C16H21N3O/c1-16(2)13(8-14(16)20-3)19-15-10-6-4-5-7-12(10)18-9-11(15)17/h4-7,9,13-14H,8,17H2,1-3H3,(H,18,19). The summed E-state index contributed by atoms with van der Waals surface area (Å²) in [5.74, 6) is 0. The number of hydrogen-bond donors (Lipinski definition) is 2. The summed E-state index contributed by atoms with van der Waals surface area (Å²) in [5.41, 5.74) is 8.86. The van der Waals surface area contributed by atoms with Crippen LogP contribution in [0.1, 0.15) is 20.3 Å². The second-order valence-electron chi connectivity index (χ2n) is 6.08. The molecule has 0 saturated heterocycles. The van der Waals surface area contributed by atoms with Crippen LogP contribution in [-0.2, 0) is 4.74 Å². The topological polar surface area (TPSA) is 60.2 Å². The number of nitrogens with zero attached hydrogens (tertiary/aromatic N) is 1. The van der Waals surface area contributed by atoms with Gasteiger partial charge in [0.2, 0.25) is 0 Å². The van der Waals surface area contributed by atoms with E-state index in [0.717, 1.165) is 23.0 Å². The minimum atomic E-state index is 0.103. The van der Waals surface area contributed by atoms with Crippen molar-refractivity contribution in [3.05, 3.63) is 30.5 Å². The first kappa shape index (κ1) is 13.2. The number of nitrogens with two attached hydrogens (primary N) is 1. The molecule has 1 saturated carbocycles. The molecule has 3 N–H and O–H groups in total. The van der Waals surface area contributed by atoms with Crippen molar-refractivity contribution in [1.29, 1.82) is 0 Å². The predicted molar refractivity (Wildman–Crippen MR) is 82.8 cm³/mol. The number of pyridine rings is 1. The smallest absolute Gasteiger partial charge is 0.0743 e. The van der Waals surface area contributed by atoms with E-state index in [2.05, 4.69) is 30.2 Å². The van der Waals surface area contributed by atoms with Gasteiger partial charge in [-0.2, -0.15) is 0 Å². The Balaban J connectivity index is 1.94. The van der Waals surface area contributed by atoms with Crippen LogP contribution in [0.2, 0.25) is 0 Å². The number of nitrogens with one attached hydrogen (secondary N) is 1. The molecule has 0 radical (unpaired) electrons. The van der Waals surface area contributed by atoms with E-state index in [9.17, 15) is 0 Å². The first-order valence-electron chi connectivity index (χ1n) is 6.96. The van der Waals surface area contributed by atoms with E-state index in [0.29, 0.717) is 17.8 Å². The van der Waals surface area contributed by atoms with Gasteiger partial charge in [-0.3, -0.25) is 4.98 Å². The van der Waals surface area contributed by atoms with Gasteiger partial charge >= 0.3 is 0 Å². The maximum Gasteiger partial charge on any atom is 0.0743 e. The van der Waals surface area contributed by atoms with Gasteiger partial charge in [0.25, 0.3) is 0 Å². The first-order valence-corrected chi connectivity index (χ1v) is 6.96. The second kappa shape index (κ2) is 4.63. The summed E-state index contributed by atoms with van der Waals surface area (Å²) in [5, 5.41) is 4.67. The highest BCUT2D eigenvalue weighted by Crippen LogP contribution is 2.45. The van der Waals surface area contributed by atoms with Gasteiger partial charge in [-0.05, 0) is 12.5 Å². The minimum Gasteiger partial charge on any atom is -0.396 e. The number of para-hydroxylation sites is 1. The number of ether oxygens (including phenoxy) is 1. The number of benzene rings is 1. The van der Waals surface area contributed by atoms with Gasteiger partial charge < -0.3 is 15.8 Å². The van der Waals surface area contributed by atoms with Crippen molar-refractivity contribution in [3.8, 4) is 0 Å². The molecule has 1 heterocycles. The van der Waals surface area contributed by atoms with E-state index in [-0.39, 0.29) is 5.41 Å². The molecule has 20 heavy (non-hydrogen) atoms. The summed E-state index contributed by atoms with van der Waals surface area (Å²) in [6.07, 6.45) is 3.03. The average molecular weight is 271 g/mol. The molecule has 0 spiro atoms. The van der Waals surface area contributed by atoms with Crippen LogP contribution in [-0.4, -0.2) is 24.2 Å².